The maximum absolute atomic E-state index is 13.0. The molecule has 1 N–H and O–H groups in total. The number of rotatable bonds is 6. The number of nitro benzene ring substituents is 1. The summed E-state index contributed by atoms with van der Waals surface area (Å²) < 4.78 is 27.5. The van der Waals surface area contributed by atoms with Crippen molar-refractivity contribution in [1.29, 1.82) is 0 Å². The third-order valence-corrected chi connectivity index (χ3v) is 6.32. The summed E-state index contributed by atoms with van der Waals surface area (Å²) in [5.74, 6) is 0. The molecule has 0 spiro atoms. The summed E-state index contributed by atoms with van der Waals surface area (Å²) in [7, 11) is -3.90. The van der Waals surface area contributed by atoms with Gasteiger partial charge in [0.05, 0.1) is 4.92 Å². The number of hydrogen-bond acceptors (Lipinski definition) is 5. The van der Waals surface area contributed by atoms with Gasteiger partial charge < -0.3 is 5.32 Å². The van der Waals surface area contributed by atoms with Crippen molar-refractivity contribution in [3.63, 3.8) is 0 Å². The smallest absolute Gasteiger partial charge is 0.289 e. The Morgan fingerprint density at radius 1 is 1.48 bits per heavy atom. The lowest BCUT2D eigenvalue weighted by Crippen LogP contribution is -2.42. The van der Waals surface area contributed by atoms with E-state index in [0.717, 1.165) is 6.54 Å². The predicted octanol–water partition coefficient (Wildman–Crippen LogP) is 2.32. The summed E-state index contributed by atoms with van der Waals surface area (Å²) in [6.07, 6.45) is 1.37. The Labute approximate surface area is 140 Å². The molecule has 7 nitrogen and oxygen atoms in total. The van der Waals surface area contributed by atoms with Gasteiger partial charge in [-0.25, -0.2) is 8.42 Å². The zero-order chi connectivity index (χ0) is 17.2. The van der Waals surface area contributed by atoms with Crippen LogP contribution < -0.4 is 5.32 Å². The van der Waals surface area contributed by atoms with Crippen LogP contribution in [0.2, 0.25) is 5.02 Å². The van der Waals surface area contributed by atoms with Gasteiger partial charge in [0.1, 0.15) is 9.92 Å². The number of nitro groups is 1. The van der Waals surface area contributed by atoms with Crippen LogP contribution in [0.3, 0.4) is 0 Å². The lowest BCUT2D eigenvalue weighted by Gasteiger charge is -2.27. The summed E-state index contributed by atoms with van der Waals surface area (Å²) >= 11 is 6.05. The number of nitrogens with one attached hydrogen (secondary N) is 1. The summed E-state index contributed by atoms with van der Waals surface area (Å²) in [6, 6.07) is 2.52. The van der Waals surface area contributed by atoms with Gasteiger partial charge in [0.15, 0.2) is 0 Å². The van der Waals surface area contributed by atoms with Crippen LogP contribution in [0.15, 0.2) is 17.0 Å². The highest BCUT2D eigenvalue weighted by atomic mass is 35.5. The predicted molar refractivity (Wildman–Crippen MR) is 88.3 cm³/mol. The van der Waals surface area contributed by atoms with Crippen LogP contribution in [0, 0.1) is 17.0 Å². The van der Waals surface area contributed by atoms with E-state index in [1.165, 1.54) is 16.4 Å². The van der Waals surface area contributed by atoms with E-state index in [4.69, 9.17) is 11.6 Å². The van der Waals surface area contributed by atoms with Crippen molar-refractivity contribution in [1.82, 2.24) is 9.62 Å². The topological polar surface area (TPSA) is 92.6 Å². The zero-order valence-corrected chi connectivity index (χ0v) is 14.7. The highest BCUT2D eigenvalue weighted by molar-refractivity contribution is 7.89. The molecular formula is C14H20ClN3O4S. The molecule has 0 saturated carbocycles. The van der Waals surface area contributed by atoms with Crippen LogP contribution in [0.5, 0.6) is 0 Å². The van der Waals surface area contributed by atoms with Gasteiger partial charge >= 0.3 is 0 Å². The number of nitrogens with zero attached hydrogens (tertiary/aromatic N) is 2. The molecule has 128 valence electrons. The van der Waals surface area contributed by atoms with E-state index in [2.05, 4.69) is 5.32 Å². The Kier molecular flexibility index (Phi) is 5.61. The lowest BCUT2D eigenvalue weighted by atomic mass is 10.2. The van der Waals surface area contributed by atoms with Crippen molar-refractivity contribution in [3.8, 4) is 0 Å². The Morgan fingerprint density at radius 2 is 2.17 bits per heavy atom. The van der Waals surface area contributed by atoms with Crippen molar-refractivity contribution < 1.29 is 13.3 Å². The fraction of sp³-hybridized carbons (Fsp3) is 0.571. The molecule has 1 aliphatic heterocycles. The van der Waals surface area contributed by atoms with Gasteiger partial charge in [-0.15, -0.1) is 0 Å². The third-order valence-electron chi connectivity index (χ3n) is 3.83. The zero-order valence-electron chi connectivity index (χ0n) is 13.1. The van der Waals surface area contributed by atoms with Crippen LogP contribution >= 0.6 is 11.6 Å². The quantitative estimate of drug-likeness (QED) is 0.620. The SMILES string of the molecule is CCCN(C1CCNC1)S(=O)(=O)c1cc(C)cc([N+](=O)[O-])c1Cl. The van der Waals surface area contributed by atoms with E-state index in [9.17, 15) is 18.5 Å². The number of aryl methyl sites for hydroxylation is 1. The van der Waals surface area contributed by atoms with Crippen LogP contribution in [-0.4, -0.2) is 43.3 Å². The average Bonchev–Trinajstić information content (AvgIpc) is 2.99. The van der Waals surface area contributed by atoms with Crippen molar-refractivity contribution in [2.24, 2.45) is 0 Å². The van der Waals surface area contributed by atoms with Gasteiger partial charge in [-0.3, -0.25) is 10.1 Å². The van der Waals surface area contributed by atoms with Crippen molar-refractivity contribution >= 4 is 27.3 Å². The van der Waals surface area contributed by atoms with Crippen LogP contribution in [0.1, 0.15) is 25.3 Å². The van der Waals surface area contributed by atoms with Crippen molar-refractivity contribution in [3.05, 3.63) is 32.8 Å². The van der Waals surface area contributed by atoms with Gasteiger partial charge in [0, 0.05) is 25.2 Å². The standard InChI is InChI=1S/C14H20ClN3O4S/c1-3-6-17(11-4-5-16-9-11)23(21,22)13-8-10(2)7-12(14(13)15)18(19)20/h7-8,11,16H,3-6,9H2,1-2H3. The fourth-order valence-corrected chi connectivity index (χ4v) is 5.15. The first kappa shape index (κ1) is 18.1. The van der Waals surface area contributed by atoms with Gasteiger partial charge in [0.2, 0.25) is 10.0 Å². The lowest BCUT2D eigenvalue weighted by molar-refractivity contribution is -0.385. The van der Waals surface area contributed by atoms with Gasteiger partial charge in [-0.1, -0.05) is 18.5 Å². The largest absolute Gasteiger partial charge is 0.315 e. The highest BCUT2D eigenvalue weighted by Gasteiger charge is 2.35. The minimum atomic E-state index is -3.90. The van der Waals surface area contributed by atoms with Crippen molar-refractivity contribution in [2.45, 2.75) is 37.6 Å². The second-order valence-electron chi connectivity index (χ2n) is 5.62. The molecule has 1 unspecified atom stereocenters. The second kappa shape index (κ2) is 7.12. The number of hydrogen-bond donors (Lipinski definition) is 1. The molecule has 0 aliphatic carbocycles. The van der Waals surface area contributed by atoms with Crippen LogP contribution in [0.25, 0.3) is 0 Å². The van der Waals surface area contributed by atoms with E-state index in [1.54, 1.807) is 6.92 Å². The average molecular weight is 362 g/mol. The molecule has 1 fully saturated rings. The maximum Gasteiger partial charge on any atom is 0.289 e. The first-order chi connectivity index (χ1) is 10.8. The summed E-state index contributed by atoms with van der Waals surface area (Å²) in [5.41, 5.74) is 0.104. The Balaban J connectivity index is 2.54. The highest BCUT2D eigenvalue weighted by Crippen LogP contribution is 2.35. The van der Waals surface area contributed by atoms with Crippen LogP contribution in [-0.2, 0) is 10.0 Å². The van der Waals surface area contributed by atoms with Gasteiger partial charge in [-0.05, 0) is 37.9 Å². The molecule has 1 aliphatic rings. The maximum atomic E-state index is 13.0. The van der Waals surface area contributed by atoms with E-state index in [0.29, 0.717) is 31.5 Å². The molecule has 0 amide bonds. The molecule has 1 heterocycles. The fourth-order valence-electron chi connectivity index (χ4n) is 2.77. The van der Waals surface area contributed by atoms with Gasteiger partial charge in [0.25, 0.3) is 5.69 Å². The molecule has 0 bridgehead atoms. The number of sulfonamides is 1. The van der Waals surface area contributed by atoms with Crippen LogP contribution in [0.4, 0.5) is 5.69 Å². The van der Waals surface area contributed by atoms with Crippen molar-refractivity contribution in [2.75, 3.05) is 19.6 Å². The Hall–Kier alpha value is -1.22. The molecule has 1 saturated heterocycles. The minimum Gasteiger partial charge on any atom is -0.315 e. The number of benzene rings is 1. The second-order valence-corrected chi connectivity index (χ2v) is 7.85. The molecule has 1 aromatic rings. The Morgan fingerprint density at radius 3 is 2.70 bits per heavy atom. The van der Waals surface area contributed by atoms with E-state index < -0.39 is 14.9 Å². The van der Waals surface area contributed by atoms with E-state index >= 15 is 0 Å². The molecule has 1 aromatic carbocycles. The summed E-state index contributed by atoms with van der Waals surface area (Å²) in [5, 5.41) is 13.9. The molecule has 0 radical (unpaired) electrons. The van der Waals surface area contributed by atoms with E-state index in [-0.39, 0.29) is 21.6 Å². The summed E-state index contributed by atoms with van der Waals surface area (Å²) in [4.78, 5) is 10.3. The normalized spacial score (nSPS) is 18.5. The molecule has 9 heteroatoms. The monoisotopic (exact) mass is 361 g/mol. The summed E-state index contributed by atoms with van der Waals surface area (Å²) in [6.45, 7) is 5.19. The molecular weight excluding hydrogens is 342 g/mol. The third kappa shape index (κ3) is 3.65. The Bertz CT molecular complexity index is 702. The molecule has 1 atom stereocenters. The molecule has 23 heavy (non-hydrogen) atoms. The molecule has 2 rings (SSSR count). The molecule has 0 aromatic heterocycles. The van der Waals surface area contributed by atoms with E-state index in [1.807, 2.05) is 6.92 Å². The first-order valence-electron chi connectivity index (χ1n) is 7.46. The number of halogens is 1. The van der Waals surface area contributed by atoms with Gasteiger partial charge in [-0.2, -0.15) is 4.31 Å². The first-order valence-corrected chi connectivity index (χ1v) is 9.28. The minimum absolute atomic E-state index is 0.157.